The minimum absolute atomic E-state index is 0.0522. The van der Waals surface area contributed by atoms with Crippen molar-refractivity contribution in [2.24, 2.45) is 11.8 Å². The number of rotatable bonds is 10. The highest BCUT2D eigenvalue weighted by Crippen LogP contribution is 2.37. The van der Waals surface area contributed by atoms with Crippen molar-refractivity contribution in [1.29, 1.82) is 0 Å². The van der Waals surface area contributed by atoms with E-state index in [1.54, 1.807) is 24.3 Å². The van der Waals surface area contributed by atoms with Gasteiger partial charge in [0.15, 0.2) is 0 Å². The number of Topliss-reactive ketones (excluding diaryl/α,β-unsaturated/α-hetero) is 2. The van der Waals surface area contributed by atoms with E-state index >= 15 is 0 Å². The van der Waals surface area contributed by atoms with Gasteiger partial charge < -0.3 is 45.8 Å². The zero-order chi connectivity index (χ0) is 57.9. The van der Waals surface area contributed by atoms with Gasteiger partial charge in [-0.25, -0.2) is 18.4 Å². The number of hydrogen-bond donors (Lipinski definition) is 6. The van der Waals surface area contributed by atoms with E-state index < -0.39 is 16.2 Å². The van der Waals surface area contributed by atoms with Gasteiger partial charge in [0.1, 0.15) is 29.0 Å². The summed E-state index contributed by atoms with van der Waals surface area (Å²) in [6, 6.07) is 13.6. The SMILES string of the molecule is C1CCNC1.Cc1[nH]c(/C=C2\C(=O)Nc3ccc(F)cc32)c(C)c1CC(=O)C1CCN(C(=O)N2CCCC2)CC1.Cc1[nH]c(/C=C2\C(=O)Nc3ccc(F)cc32)c(C)c1CC(=O)C1CCNCC1.O=C(Cl)Oc1ccc([N+](=O)[O-])cc1. The smallest absolute Gasteiger partial charge is 0.409 e. The molecule has 6 N–H and O–H groups in total. The third kappa shape index (κ3) is 15.0. The molecule has 0 spiro atoms. The molecule has 21 heteroatoms. The van der Waals surface area contributed by atoms with Gasteiger partial charge in [0, 0.05) is 120 Å². The largest absolute Gasteiger partial charge is 0.414 e. The molecule has 0 bridgehead atoms. The molecule has 5 aromatic rings. The minimum Gasteiger partial charge on any atom is -0.414 e. The van der Waals surface area contributed by atoms with Gasteiger partial charge in [0.25, 0.3) is 17.5 Å². The number of carbonyl (C=O) groups excluding carboxylic acids is 6. The number of aromatic amines is 2. The van der Waals surface area contributed by atoms with Crippen molar-refractivity contribution in [3.05, 3.63) is 139 Å². The summed E-state index contributed by atoms with van der Waals surface area (Å²) in [6.07, 6.45) is 12.3. The first-order valence-corrected chi connectivity index (χ1v) is 27.9. The molecule has 0 radical (unpaired) electrons. The van der Waals surface area contributed by atoms with Crippen LogP contribution < -0.4 is 26.0 Å². The van der Waals surface area contributed by atoms with Crippen LogP contribution in [0.1, 0.15) is 108 Å². The molecule has 0 unspecified atom stereocenters. The lowest BCUT2D eigenvalue weighted by Gasteiger charge is -2.34. The Labute approximate surface area is 473 Å². The van der Waals surface area contributed by atoms with Crippen LogP contribution in [0.5, 0.6) is 5.75 Å². The van der Waals surface area contributed by atoms with Gasteiger partial charge in [0.05, 0.1) is 16.1 Å². The number of piperidine rings is 2. The van der Waals surface area contributed by atoms with Crippen molar-refractivity contribution < 1.29 is 47.2 Å². The molecule has 11 rings (SSSR count). The monoisotopic (exact) mass is 1130 g/mol. The van der Waals surface area contributed by atoms with E-state index in [0.717, 1.165) is 96.9 Å². The maximum atomic E-state index is 13.8. The van der Waals surface area contributed by atoms with Crippen LogP contribution in [0.3, 0.4) is 0 Å². The lowest BCUT2D eigenvalue weighted by Crippen LogP contribution is -2.46. The van der Waals surface area contributed by atoms with Crippen molar-refractivity contribution in [2.75, 3.05) is 63.0 Å². The number of nitro benzene ring substituents is 1. The summed E-state index contributed by atoms with van der Waals surface area (Å²) in [6.45, 7) is 15.0. The predicted octanol–water partition coefficient (Wildman–Crippen LogP) is 10.4. The van der Waals surface area contributed by atoms with E-state index in [9.17, 15) is 47.7 Å². The minimum atomic E-state index is -0.978. The first-order chi connectivity index (χ1) is 38.8. The van der Waals surface area contributed by atoms with Crippen molar-refractivity contribution in [3.63, 3.8) is 0 Å². The molecule has 4 fully saturated rings. The Morgan fingerprint density at radius 3 is 1.52 bits per heavy atom. The molecular weight excluding hydrogens is 1060 g/mol. The van der Waals surface area contributed by atoms with Gasteiger partial charge >= 0.3 is 11.5 Å². The molecule has 81 heavy (non-hydrogen) atoms. The van der Waals surface area contributed by atoms with Crippen molar-refractivity contribution in [1.82, 2.24) is 30.4 Å². The predicted molar refractivity (Wildman–Crippen MR) is 307 cm³/mol. The van der Waals surface area contributed by atoms with Crippen LogP contribution in [0, 0.1) is 61.3 Å². The summed E-state index contributed by atoms with van der Waals surface area (Å²) in [5.74, 6) is -0.601. The number of aryl methyl sites for hydroxylation is 2. The highest BCUT2D eigenvalue weighted by Gasteiger charge is 2.32. The number of urea groups is 1. The summed E-state index contributed by atoms with van der Waals surface area (Å²) >= 11 is 4.92. The molecule has 6 aliphatic rings. The fraction of sp³-hybridized carbons (Fsp3) is 0.400. The fourth-order valence-corrected chi connectivity index (χ4v) is 11.1. The molecule has 0 aliphatic carbocycles. The Bertz CT molecular complexity index is 3250. The number of non-ortho nitro benzene ring substituents is 1. The molecule has 3 aromatic carbocycles. The average molecular weight is 1130 g/mol. The molecule has 4 amide bonds. The molecule has 4 saturated heterocycles. The normalized spacial score (nSPS) is 17.7. The first kappa shape index (κ1) is 59.3. The number of benzene rings is 3. The van der Waals surface area contributed by atoms with Crippen molar-refractivity contribution in [2.45, 2.75) is 91.9 Å². The number of nitrogens with one attached hydrogen (secondary N) is 6. The van der Waals surface area contributed by atoms with E-state index in [1.807, 2.05) is 37.5 Å². The number of nitro groups is 1. The number of aromatic nitrogens is 2. The van der Waals surface area contributed by atoms with Gasteiger partial charge in [-0.15, -0.1) is 0 Å². The Hall–Kier alpha value is -7.81. The first-order valence-electron chi connectivity index (χ1n) is 27.5. The van der Waals surface area contributed by atoms with E-state index in [0.29, 0.717) is 72.4 Å². The highest BCUT2D eigenvalue weighted by atomic mass is 35.5. The topological polar surface area (TPSA) is 241 Å². The lowest BCUT2D eigenvalue weighted by atomic mass is 9.88. The number of likely N-dealkylation sites (tertiary alicyclic amines) is 2. The third-order valence-electron chi connectivity index (χ3n) is 15.7. The Morgan fingerprint density at radius 2 is 1.09 bits per heavy atom. The second-order valence-corrected chi connectivity index (χ2v) is 21.3. The molecule has 8 heterocycles. The van der Waals surface area contributed by atoms with Crippen LogP contribution in [0.4, 0.5) is 35.4 Å². The number of ketones is 2. The van der Waals surface area contributed by atoms with E-state index in [4.69, 9.17) is 11.6 Å². The van der Waals surface area contributed by atoms with Crippen LogP contribution in [0.2, 0.25) is 0 Å². The summed E-state index contributed by atoms with van der Waals surface area (Å²) < 4.78 is 31.9. The highest BCUT2D eigenvalue weighted by molar-refractivity contribution is 6.61. The summed E-state index contributed by atoms with van der Waals surface area (Å²) in [5, 5.41) is 22.2. The molecular formula is C60H68ClF2N9O9. The molecule has 0 saturated carbocycles. The van der Waals surface area contributed by atoms with Crippen LogP contribution in [-0.4, -0.2) is 112 Å². The van der Waals surface area contributed by atoms with Gasteiger partial charge in [-0.1, -0.05) is 0 Å². The molecule has 18 nitrogen and oxygen atoms in total. The number of anilines is 2. The summed E-state index contributed by atoms with van der Waals surface area (Å²) in [5.41, 5.74) is 9.25. The maximum Gasteiger partial charge on any atom is 0.409 e. The Balaban J connectivity index is 0.000000165. The quantitative estimate of drug-likeness (QED) is 0.0333. The summed E-state index contributed by atoms with van der Waals surface area (Å²) in [4.78, 5) is 93.7. The summed E-state index contributed by atoms with van der Waals surface area (Å²) in [7, 11) is 0. The number of hydrogen-bond acceptors (Lipinski definition) is 11. The molecule has 2 aromatic heterocycles. The van der Waals surface area contributed by atoms with E-state index in [1.165, 1.54) is 74.5 Å². The number of nitrogens with zero attached hydrogens (tertiary/aromatic N) is 3. The van der Waals surface area contributed by atoms with Crippen LogP contribution in [-0.2, 0) is 32.0 Å². The standard InChI is InChI=1S/C27H31FN4O3.C22H24FN3O2.C7H4ClNO4.C4H9N/c1-16-20(15-25(33)18-7-11-32(12-8-18)27(35)31-9-3-4-10-31)17(2)29-24(16)14-22-21-13-19(28)5-6-23(21)30-26(22)34;1-12-16(11-21(27)14-5-7-24-8-6-14)13(2)25-20(12)10-18-17-9-15(23)3-4-19(17)26-22(18)28;8-7(10)13-6-3-1-5(2-4-6)9(11)12;1-2-4-5-3-1/h5-6,13-14,18,29H,3-4,7-12,15H2,1-2H3,(H,30,34);3-4,9-10,14,24-25H,5-8,11H2,1-2H3,(H,26,28);1-4H;5H,1-4H2/b22-14-;18-10-;;. The van der Waals surface area contributed by atoms with E-state index in [-0.39, 0.29) is 58.5 Å². The van der Waals surface area contributed by atoms with Crippen LogP contribution >= 0.6 is 11.6 Å². The van der Waals surface area contributed by atoms with Gasteiger partial charge in [-0.05, 0) is 188 Å². The fourth-order valence-electron chi connectivity index (χ4n) is 11.0. The zero-order valence-electron chi connectivity index (χ0n) is 46.0. The lowest BCUT2D eigenvalue weighted by molar-refractivity contribution is -0.384. The maximum absolute atomic E-state index is 13.8. The van der Waals surface area contributed by atoms with Gasteiger partial charge in [0.2, 0.25) is 0 Å². The number of carbonyl (C=O) groups is 6. The molecule has 428 valence electrons. The number of amides is 4. The third-order valence-corrected chi connectivity index (χ3v) is 15.7. The number of ether oxygens (including phenoxy) is 1. The van der Waals surface area contributed by atoms with Gasteiger partial charge in [-0.2, -0.15) is 0 Å². The second kappa shape index (κ2) is 27.1. The Morgan fingerprint density at radius 1 is 0.642 bits per heavy atom. The van der Waals surface area contributed by atoms with Gasteiger partial charge in [-0.3, -0.25) is 29.3 Å². The zero-order valence-corrected chi connectivity index (χ0v) is 46.7. The van der Waals surface area contributed by atoms with E-state index in [2.05, 4.69) is 36.0 Å². The van der Waals surface area contributed by atoms with Crippen LogP contribution in [0.25, 0.3) is 23.3 Å². The Kier molecular flexibility index (Phi) is 19.8. The van der Waals surface area contributed by atoms with Crippen molar-refractivity contribution >= 4 is 86.8 Å². The number of fused-ring (bicyclic) bond motifs is 2. The van der Waals surface area contributed by atoms with Crippen LogP contribution in [0.15, 0.2) is 60.7 Å². The number of halogens is 3. The number of H-pyrrole nitrogens is 2. The molecule has 0 atom stereocenters. The molecule has 6 aliphatic heterocycles. The average Bonchev–Trinajstić information content (AvgIpc) is 4.55. The second-order valence-electron chi connectivity index (χ2n) is 21.0. The van der Waals surface area contributed by atoms with Crippen molar-refractivity contribution in [3.8, 4) is 5.75 Å².